The van der Waals surface area contributed by atoms with Gasteiger partial charge < -0.3 is 20.3 Å². The van der Waals surface area contributed by atoms with Crippen molar-refractivity contribution in [1.82, 2.24) is 15.3 Å². The van der Waals surface area contributed by atoms with Gasteiger partial charge in [-0.3, -0.25) is 4.79 Å². The van der Waals surface area contributed by atoms with Gasteiger partial charge in [0.15, 0.2) is 0 Å². The number of carbonyl (C=O) groups excluding carboxylic acids is 1. The molecule has 1 amide bonds. The number of ether oxygens (including phenoxy) is 1. The molecule has 1 aliphatic heterocycles. The number of fused-ring (bicyclic) bond motifs is 1. The fourth-order valence-electron chi connectivity index (χ4n) is 3.43. The first-order chi connectivity index (χ1) is 13.3. The van der Waals surface area contributed by atoms with E-state index in [2.05, 4.69) is 15.6 Å². The van der Waals surface area contributed by atoms with Crippen molar-refractivity contribution in [1.29, 1.82) is 0 Å². The van der Waals surface area contributed by atoms with Gasteiger partial charge in [-0.1, -0.05) is 12.1 Å². The maximum Gasteiger partial charge on any atom is 0.221 e. The number of anilines is 1. The van der Waals surface area contributed by atoms with Crippen LogP contribution in [-0.4, -0.2) is 61.8 Å². The summed E-state index contributed by atoms with van der Waals surface area (Å²) in [5.74, 6) is 2.35. The summed E-state index contributed by atoms with van der Waals surface area (Å²) in [7, 11) is 0. The molecule has 1 aliphatic carbocycles. The molecule has 0 bridgehead atoms. The maximum atomic E-state index is 12.1. The number of para-hydroxylation sites is 1. The van der Waals surface area contributed by atoms with Crippen LogP contribution in [0.2, 0.25) is 0 Å². The lowest BCUT2D eigenvalue weighted by atomic mass is 10.2. The van der Waals surface area contributed by atoms with E-state index >= 15 is 0 Å². The van der Waals surface area contributed by atoms with E-state index < -0.39 is 0 Å². The van der Waals surface area contributed by atoms with Crippen molar-refractivity contribution < 1.29 is 14.4 Å². The average Bonchev–Trinajstić information content (AvgIpc) is 3.54. The Morgan fingerprint density at radius 1 is 1.15 bits per heavy atom. The Bertz CT molecular complexity index is 787. The topological polar surface area (TPSA) is 80.6 Å². The minimum atomic E-state index is 0.0796. The highest BCUT2D eigenvalue weighted by Gasteiger charge is 2.27. The monoisotopic (exact) mass is 370 g/mol. The summed E-state index contributed by atoms with van der Waals surface area (Å²) >= 11 is 0. The summed E-state index contributed by atoms with van der Waals surface area (Å²) in [4.78, 5) is 23.0. The molecule has 2 aromatic rings. The molecule has 0 radical (unpaired) electrons. The number of nitrogens with zero attached hydrogens (tertiary/aromatic N) is 2. The Kier molecular flexibility index (Phi) is 5.79. The predicted molar refractivity (Wildman–Crippen MR) is 104 cm³/mol. The van der Waals surface area contributed by atoms with Crippen molar-refractivity contribution in [3.05, 3.63) is 30.1 Å². The van der Waals surface area contributed by atoms with Gasteiger partial charge in [-0.15, -0.1) is 0 Å². The lowest BCUT2D eigenvalue weighted by Crippen LogP contribution is -3.14. The number of carbonyl (C=O) groups is 1. The number of amides is 1. The first kappa shape index (κ1) is 18.1. The molecule has 1 saturated carbocycles. The quantitative estimate of drug-likeness (QED) is 0.624. The molecule has 1 aromatic carbocycles. The van der Waals surface area contributed by atoms with Crippen molar-refractivity contribution in [3.8, 4) is 0 Å². The normalized spacial score (nSPS) is 17.8. The molecule has 7 nitrogen and oxygen atoms in total. The van der Waals surface area contributed by atoms with Gasteiger partial charge in [0.05, 0.1) is 31.8 Å². The summed E-state index contributed by atoms with van der Waals surface area (Å²) in [6.45, 7) is 5.95. The Morgan fingerprint density at radius 3 is 2.78 bits per heavy atom. The van der Waals surface area contributed by atoms with Gasteiger partial charge in [-0.05, 0) is 25.0 Å². The number of hydrogen-bond acceptors (Lipinski definition) is 5. The third-order valence-corrected chi connectivity index (χ3v) is 5.21. The van der Waals surface area contributed by atoms with Gasteiger partial charge >= 0.3 is 0 Å². The van der Waals surface area contributed by atoms with Gasteiger partial charge in [0.2, 0.25) is 5.91 Å². The Balaban J connectivity index is 1.26. The predicted octanol–water partition coefficient (Wildman–Crippen LogP) is 0.341. The largest absolute Gasteiger partial charge is 0.370 e. The zero-order chi connectivity index (χ0) is 18.5. The van der Waals surface area contributed by atoms with Crippen molar-refractivity contribution in [3.63, 3.8) is 0 Å². The highest BCUT2D eigenvalue weighted by molar-refractivity contribution is 5.89. The van der Waals surface area contributed by atoms with Crippen LogP contribution in [0.15, 0.2) is 24.3 Å². The number of hydrogen-bond donors (Lipinski definition) is 3. The minimum Gasteiger partial charge on any atom is -0.370 e. The Morgan fingerprint density at radius 2 is 1.96 bits per heavy atom. The molecule has 1 aromatic heterocycles. The molecule has 7 heteroatoms. The van der Waals surface area contributed by atoms with Crippen LogP contribution in [0.25, 0.3) is 10.9 Å². The Hall–Kier alpha value is -2.25. The van der Waals surface area contributed by atoms with E-state index in [-0.39, 0.29) is 5.91 Å². The number of nitrogens with one attached hydrogen (secondary N) is 3. The van der Waals surface area contributed by atoms with Crippen LogP contribution in [0.1, 0.15) is 31.0 Å². The van der Waals surface area contributed by atoms with Crippen LogP contribution in [0, 0.1) is 0 Å². The third kappa shape index (κ3) is 4.93. The average molecular weight is 370 g/mol. The molecule has 2 aliphatic rings. The molecular formula is C20H28N5O2+. The first-order valence-corrected chi connectivity index (χ1v) is 9.98. The molecule has 0 unspecified atom stereocenters. The van der Waals surface area contributed by atoms with E-state index in [0.29, 0.717) is 18.9 Å². The SMILES string of the molecule is O=C(CCNc1nc(C2CC2)nc2ccccc12)NCC[NH+]1CCOCC1. The fraction of sp³-hybridized carbons (Fsp3) is 0.550. The molecule has 2 fully saturated rings. The van der Waals surface area contributed by atoms with Gasteiger partial charge in [-0.2, -0.15) is 0 Å². The number of rotatable bonds is 8. The fourth-order valence-corrected chi connectivity index (χ4v) is 3.43. The minimum absolute atomic E-state index is 0.0796. The summed E-state index contributed by atoms with van der Waals surface area (Å²) in [5, 5.41) is 7.38. The lowest BCUT2D eigenvalue weighted by Gasteiger charge is -2.23. The molecular weight excluding hydrogens is 342 g/mol. The molecule has 0 atom stereocenters. The highest BCUT2D eigenvalue weighted by Crippen LogP contribution is 2.39. The zero-order valence-electron chi connectivity index (χ0n) is 15.7. The van der Waals surface area contributed by atoms with Crippen LogP contribution in [-0.2, 0) is 9.53 Å². The molecule has 0 spiro atoms. The van der Waals surface area contributed by atoms with E-state index in [4.69, 9.17) is 9.72 Å². The van der Waals surface area contributed by atoms with Crippen LogP contribution >= 0.6 is 0 Å². The summed E-state index contributed by atoms with van der Waals surface area (Å²) < 4.78 is 5.35. The van der Waals surface area contributed by atoms with E-state index in [9.17, 15) is 4.79 Å². The third-order valence-electron chi connectivity index (χ3n) is 5.21. The molecule has 2 heterocycles. The van der Waals surface area contributed by atoms with E-state index in [0.717, 1.165) is 61.9 Å². The number of benzene rings is 1. The van der Waals surface area contributed by atoms with E-state index in [1.54, 1.807) is 0 Å². The second-order valence-corrected chi connectivity index (χ2v) is 7.36. The summed E-state index contributed by atoms with van der Waals surface area (Å²) in [5.41, 5.74) is 0.967. The van der Waals surface area contributed by atoms with Crippen LogP contribution in [0.5, 0.6) is 0 Å². The van der Waals surface area contributed by atoms with Gasteiger partial charge in [0.25, 0.3) is 0 Å². The number of morpholine rings is 1. The van der Waals surface area contributed by atoms with Crippen LogP contribution < -0.4 is 15.5 Å². The Labute approximate surface area is 159 Å². The second kappa shape index (κ2) is 8.63. The molecule has 144 valence electrons. The van der Waals surface area contributed by atoms with Crippen LogP contribution in [0.3, 0.4) is 0 Å². The molecule has 4 rings (SSSR count). The van der Waals surface area contributed by atoms with Gasteiger partial charge in [0.1, 0.15) is 24.7 Å². The smallest absolute Gasteiger partial charge is 0.221 e. The number of quaternary nitrogens is 1. The molecule has 27 heavy (non-hydrogen) atoms. The zero-order valence-corrected chi connectivity index (χ0v) is 15.7. The van der Waals surface area contributed by atoms with Gasteiger partial charge in [0, 0.05) is 24.3 Å². The van der Waals surface area contributed by atoms with Gasteiger partial charge in [-0.25, -0.2) is 9.97 Å². The van der Waals surface area contributed by atoms with E-state index in [1.165, 1.54) is 17.7 Å². The standard InChI is InChI=1S/C20H27N5O2/c26-18(21-9-10-25-11-13-27-14-12-25)7-8-22-20-16-3-1-2-4-17(16)23-19(24-20)15-5-6-15/h1-4,15H,5-14H2,(H,21,26)(H,22,23,24)/p+1. The van der Waals surface area contributed by atoms with Crippen LogP contribution in [0.4, 0.5) is 5.82 Å². The number of aromatic nitrogens is 2. The lowest BCUT2D eigenvalue weighted by molar-refractivity contribution is -0.906. The highest BCUT2D eigenvalue weighted by atomic mass is 16.5. The van der Waals surface area contributed by atoms with Crippen molar-refractivity contribution in [2.24, 2.45) is 0 Å². The maximum absolute atomic E-state index is 12.1. The molecule has 3 N–H and O–H groups in total. The van der Waals surface area contributed by atoms with Crippen molar-refractivity contribution in [2.45, 2.75) is 25.2 Å². The summed E-state index contributed by atoms with van der Waals surface area (Å²) in [6, 6.07) is 8.04. The molecule has 1 saturated heterocycles. The van der Waals surface area contributed by atoms with Crippen molar-refractivity contribution in [2.75, 3.05) is 51.3 Å². The summed E-state index contributed by atoms with van der Waals surface area (Å²) in [6.07, 6.45) is 2.78. The van der Waals surface area contributed by atoms with Crippen molar-refractivity contribution >= 4 is 22.6 Å². The first-order valence-electron chi connectivity index (χ1n) is 9.98. The van der Waals surface area contributed by atoms with E-state index in [1.807, 2.05) is 24.3 Å². The second-order valence-electron chi connectivity index (χ2n) is 7.36.